The van der Waals surface area contributed by atoms with E-state index in [9.17, 15) is 4.79 Å². The van der Waals surface area contributed by atoms with E-state index in [0.29, 0.717) is 13.2 Å². The summed E-state index contributed by atoms with van der Waals surface area (Å²) in [6.45, 7) is 5.62. The lowest BCUT2D eigenvalue weighted by Crippen LogP contribution is -2.44. The van der Waals surface area contributed by atoms with E-state index >= 15 is 0 Å². The number of carbonyl (C=O) groups excluding carboxylic acids is 1. The number of carbonyl (C=O) groups is 1. The molecule has 1 N–H and O–H groups in total. The molecule has 1 unspecified atom stereocenters. The predicted octanol–water partition coefficient (Wildman–Crippen LogP) is 1.60. The van der Waals surface area contributed by atoms with Gasteiger partial charge < -0.3 is 14.8 Å². The third kappa shape index (κ3) is 4.77. The second-order valence-corrected chi connectivity index (χ2v) is 6.27. The van der Waals surface area contributed by atoms with Gasteiger partial charge in [0.1, 0.15) is 0 Å². The van der Waals surface area contributed by atoms with Crippen LogP contribution in [0.25, 0.3) is 0 Å². The quantitative estimate of drug-likeness (QED) is 0.896. The number of rotatable bonds is 5. The first-order valence-corrected chi connectivity index (χ1v) is 8.56. The van der Waals surface area contributed by atoms with Crippen LogP contribution in [0.15, 0.2) is 30.3 Å². The van der Waals surface area contributed by atoms with Crippen LogP contribution >= 0.6 is 0 Å². The van der Waals surface area contributed by atoms with Crippen molar-refractivity contribution in [3.05, 3.63) is 35.9 Å². The first-order chi connectivity index (χ1) is 11.3. The van der Waals surface area contributed by atoms with Gasteiger partial charge in [-0.25, -0.2) is 0 Å². The molecule has 1 aromatic carbocycles. The maximum absolute atomic E-state index is 12.6. The Morgan fingerprint density at radius 1 is 1.09 bits per heavy atom. The molecule has 0 spiro atoms. The summed E-state index contributed by atoms with van der Waals surface area (Å²) in [4.78, 5) is 15.0. The smallest absolute Gasteiger partial charge is 0.223 e. The fraction of sp³-hybridized carbons (Fsp3) is 0.611. The summed E-state index contributed by atoms with van der Waals surface area (Å²) >= 11 is 0. The minimum Gasteiger partial charge on any atom is -0.381 e. The minimum atomic E-state index is 0.0321. The molecule has 0 aromatic heterocycles. The van der Waals surface area contributed by atoms with Gasteiger partial charge in [0.15, 0.2) is 0 Å². The van der Waals surface area contributed by atoms with Crippen LogP contribution in [-0.4, -0.2) is 56.9 Å². The van der Waals surface area contributed by atoms with E-state index in [1.807, 2.05) is 18.2 Å². The molecule has 2 fully saturated rings. The lowest BCUT2D eigenvalue weighted by Gasteiger charge is -2.32. The molecule has 2 aliphatic rings. The Kier molecular flexibility index (Phi) is 6.02. The van der Waals surface area contributed by atoms with Crippen LogP contribution in [-0.2, 0) is 14.3 Å². The topological polar surface area (TPSA) is 50.8 Å². The van der Waals surface area contributed by atoms with Crippen molar-refractivity contribution in [1.82, 2.24) is 10.2 Å². The van der Waals surface area contributed by atoms with Crippen LogP contribution in [0.3, 0.4) is 0 Å². The van der Waals surface area contributed by atoms with Gasteiger partial charge in [0.25, 0.3) is 0 Å². The lowest BCUT2D eigenvalue weighted by molar-refractivity contribution is -0.128. The average molecular weight is 318 g/mol. The fourth-order valence-corrected chi connectivity index (χ4v) is 3.21. The summed E-state index contributed by atoms with van der Waals surface area (Å²) in [6.07, 6.45) is 1.65. The van der Waals surface area contributed by atoms with Crippen LogP contribution in [0.4, 0.5) is 0 Å². The molecule has 1 atom stereocenters. The van der Waals surface area contributed by atoms with Crippen LogP contribution < -0.4 is 5.32 Å². The van der Waals surface area contributed by atoms with Crippen molar-refractivity contribution in [2.45, 2.75) is 18.9 Å². The van der Waals surface area contributed by atoms with E-state index in [-0.39, 0.29) is 17.9 Å². The maximum Gasteiger partial charge on any atom is 0.223 e. The molecule has 5 heteroatoms. The van der Waals surface area contributed by atoms with E-state index in [2.05, 4.69) is 22.3 Å². The van der Waals surface area contributed by atoms with Gasteiger partial charge >= 0.3 is 0 Å². The largest absolute Gasteiger partial charge is 0.381 e. The fourth-order valence-electron chi connectivity index (χ4n) is 3.21. The number of hydrogen-bond acceptors (Lipinski definition) is 4. The number of amides is 1. The van der Waals surface area contributed by atoms with Gasteiger partial charge in [0.2, 0.25) is 5.91 Å². The summed E-state index contributed by atoms with van der Waals surface area (Å²) in [7, 11) is 0. The Labute approximate surface area is 137 Å². The molecule has 0 radical (unpaired) electrons. The standard InChI is InChI=1S/C18H26N2O3/c21-18(16-6-10-22-11-7-16)19-17(15-4-2-1-3-5-15)14-20-8-12-23-13-9-20/h1-5,16-17H,6-14H2,(H,19,21). The number of morpholine rings is 1. The highest BCUT2D eigenvalue weighted by Gasteiger charge is 2.26. The first kappa shape index (κ1) is 16.4. The van der Waals surface area contributed by atoms with Gasteiger partial charge in [0, 0.05) is 38.8 Å². The molecule has 0 bridgehead atoms. The summed E-state index contributed by atoms with van der Waals surface area (Å²) in [5.74, 6) is 0.245. The summed E-state index contributed by atoms with van der Waals surface area (Å²) in [6, 6.07) is 10.3. The Hall–Kier alpha value is -1.43. The molecule has 2 heterocycles. The third-order valence-electron chi connectivity index (χ3n) is 4.66. The van der Waals surface area contributed by atoms with Gasteiger partial charge in [-0.15, -0.1) is 0 Å². The normalized spacial score (nSPS) is 21.7. The van der Waals surface area contributed by atoms with E-state index in [1.54, 1.807) is 0 Å². The molecular formula is C18H26N2O3. The van der Waals surface area contributed by atoms with Gasteiger partial charge in [-0.3, -0.25) is 9.69 Å². The Bertz CT molecular complexity index is 482. The summed E-state index contributed by atoms with van der Waals surface area (Å²) in [5.41, 5.74) is 1.17. The van der Waals surface area contributed by atoms with Crippen molar-refractivity contribution in [1.29, 1.82) is 0 Å². The zero-order chi connectivity index (χ0) is 15.9. The third-order valence-corrected chi connectivity index (χ3v) is 4.66. The second-order valence-electron chi connectivity index (χ2n) is 6.27. The van der Waals surface area contributed by atoms with Crippen LogP contribution in [0.1, 0.15) is 24.4 Å². The van der Waals surface area contributed by atoms with E-state index in [1.165, 1.54) is 5.56 Å². The van der Waals surface area contributed by atoms with Crippen LogP contribution in [0, 0.1) is 5.92 Å². The molecule has 1 aromatic rings. The van der Waals surface area contributed by atoms with Crippen molar-refractivity contribution in [3.8, 4) is 0 Å². The Balaban J connectivity index is 1.65. The molecule has 5 nitrogen and oxygen atoms in total. The SMILES string of the molecule is O=C(NC(CN1CCOCC1)c1ccccc1)C1CCOCC1. The maximum atomic E-state index is 12.6. The number of nitrogens with zero attached hydrogens (tertiary/aromatic N) is 1. The highest BCUT2D eigenvalue weighted by molar-refractivity contribution is 5.79. The molecule has 23 heavy (non-hydrogen) atoms. The van der Waals surface area contributed by atoms with Crippen molar-refractivity contribution < 1.29 is 14.3 Å². The highest BCUT2D eigenvalue weighted by atomic mass is 16.5. The highest BCUT2D eigenvalue weighted by Crippen LogP contribution is 2.19. The van der Waals surface area contributed by atoms with E-state index < -0.39 is 0 Å². The van der Waals surface area contributed by atoms with Crippen molar-refractivity contribution in [2.24, 2.45) is 5.92 Å². The molecule has 2 aliphatic heterocycles. The zero-order valence-corrected chi connectivity index (χ0v) is 13.6. The van der Waals surface area contributed by atoms with Gasteiger partial charge in [-0.2, -0.15) is 0 Å². The van der Waals surface area contributed by atoms with Crippen LogP contribution in [0.5, 0.6) is 0 Å². The number of nitrogens with one attached hydrogen (secondary N) is 1. The Morgan fingerprint density at radius 3 is 2.43 bits per heavy atom. The molecule has 0 saturated carbocycles. The summed E-state index contributed by atoms with van der Waals surface area (Å²) in [5, 5.41) is 3.27. The number of ether oxygens (including phenoxy) is 2. The second kappa shape index (κ2) is 8.43. The van der Waals surface area contributed by atoms with Gasteiger partial charge in [0.05, 0.1) is 19.3 Å². The van der Waals surface area contributed by atoms with E-state index in [4.69, 9.17) is 9.47 Å². The lowest BCUT2D eigenvalue weighted by atomic mass is 9.98. The van der Waals surface area contributed by atoms with Gasteiger partial charge in [-0.1, -0.05) is 30.3 Å². The van der Waals surface area contributed by atoms with Gasteiger partial charge in [-0.05, 0) is 18.4 Å². The predicted molar refractivity (Wildman–Crippen MR) is 88.1 cm³/mol. The monoisotopic (exact) mass is 318 g/mol. The first-order valence-electron chi connectivity index (χ1n) is 8.56. The van der Waals surface area contributed by atoms with Crippen molar-refractivity contribution in [2.75, 3.05) is 46.1 Å². The molecule has 1 amide bonds. The van der Waals surface area contributed by atoms with Crippen LogP contribution in [0.2, 0.25) is 0 Å². The van der Waals surface area contributed by atoms with E-state index in [0.717, 1.165) is 45.7 Å². The molecule has 2 saturated heterocycles. The average Bonchev–Trinajstić information content (AvgIpc) is 2.63. The molecular weight excluding hydrogens is 292 g/mol. The van der Waals surface area contributed by atoms with Crippen molar-refractivity contribution in [3.63, 3.8) is 0 Å². The number of hydrogen-bond donors (Lipinski definition) is 1. The van der Waals surface area contributed by atoms with Crippen molar-refractivity contribution >= 4 is 5.91 Å². The molecule has 0 aliphatic carbocycles. The zero-order valence-electron chi connectivity index (χ0n) is 13.6. The Morgan fingerprint density at radius 2 is 1.74 bits per heavy atom. The minimum absolute atomic E-state index is 0.0321. The molecule has 126 valence electrons. The molecule has 3 rings (SSSR count). The summed E-state index contributed by atoms with van der Waals surface area (Å²) < 4.78 is 10.8. The number of benzene rings is 1.